The molecule has 2 saturated heterocycles. The molecule has 0 unspecified atom stereocenters. The maximum atomic E-state index is 12.9. The Kier molecular flexibility index (Phi) is 6.49. The first-order chi connectivity index (χ1) is 14.5. The van der Waals surface area contributed by atoms with Crippen LogP contribution >= 0.6 is 11.3 Å². The molecule has 4 rings (SSSR count). The van der Waals surface area contributed by atoms with Crippen LogP contribution in [0.5, 0.6) is 0 Å². The van der Waals surface area contributed by atoms with E-state index in [1.54, 1.807) is 0 Å². The molecule has 7 heteroatoms. The maximum Gasteiger partial charge on any atom is 0.273 e. The van der Waals surface area contributed by atoms with Gasteiger partial charge in [-0.25, -0.2) is 4.98 Å². The average Bonchev–Trinajstić information content (AvgIpc) is 3.24. The van der Waals surface area contributed by atoms with Crippen LogP contribution < -0.4 is 0 Å². The zero-order valence-electron chi connectivity index (χ0n) is 17.9. The predicted molar refractivity (Wildman–Crippen MR) is 120 cm³/mol. The van der Waals surface area contributed by atoms with Gasteiger partial charge in [0.15, 0.2) is 0 Å². The van der Waals surface area contributed by atoms with E-state index >= 15 is 0 Å². The lowest BCUT2D eigenvalue weighted by molar-refractivity contribution is -0.133. The number of piperidine rings is 1. The quantitative estimate of drug-likeness (QED) is 0.753. The lowest BCUT2D eigenvalue weighted by Gasteiger charge is -2.35. The number of likely N-dealkylation sites (tertiary alicyclic amines) is 1. The van der Waals surface area contributed by atoms with Crippen LogP contribution in [0.2, 0.25) is 0 Å². The number of aromatic nitrogens is 1. The first kappa shape index (κ1) is 21.0. The van der Waals surface area contributed by atoms with Crippen molar-refractivity contribution in [3.8, 4) is 10.6 Å². The van der Waals surface area contributed by atoms with Crippen molar-refractivity contribution in [1.29, 1.82) is 0 Å². The topological polar surface area (TPSA) is 56.8 Å². The summed E-state index contributed by atoms with van der Waals surface area (Å²) in [6.45, 7) is 9.16. The number of amides is 2. The molecule has 30 heavy (non-hydrogen) atoms. The zero-order valence-corrected chi connectivity index (χ0v) is 18.7. The van der Waals surface area contributed by atoms with Gasteiger partial charge in [0.2, 0.25) is 5.91 Å². The molecular formula is C23H30N4O2S. The summed E-state index contributed by atoms with van der Waals surface area (Å²) in [6.07, 6.45) is 3.46. The summed E-state index contributed by atoms with van der Waals surface area (Å²) >= 11 is 1.52. The molecule has 160 valence electrons. The van der Waals surface area contributed by atoms with Crippen LogP contribution in [0, 0.1) is 13.8 Å². The highest BCUT2D eigenvalue weighted by molar-refractivity contribution is 7.13. The largest absolute Gasteiger partial charge is 0.342 e. The molecule has 1 aromatic carbocycles. The van der Waals surface area contributed by atoms with Gasteiger partial charge in [0.1, 0.15) is 10.7 Å². The van der Waals surface area contributed by atoms with E-state index < -0.39 is 0 Å². The van der Waals surface area contributed by atoms with Crippen LogP contribution in [0.15, 0.2) is 23.6 Å². The van der Waals surface area contributed by atoms with Crippen molar-refractivity contribution in [3.63, 3.8) is 0 Å². The van der Waals surface area contributed by atoms with Gasteiger partial charge in [-0.15, -0.1) is 11.3 Å². The normalized spacial score (nSPS) is 17.9. The monoisotopic (exact) mass is 426 g/mol. The number of thiazole rings is 1. The SMILES string of the molecule is Cc1ccc(-c2nc(C(=O)N3CCN(CC(=O)N4CCCCC4)CC3)cs2)c(C)c1. The summed E-state index contributed by atoms with van der Waals surface area (Å²) in [6, 6.07) is 6.30. The van der Waals surface area contributed by atoms with Crippen molar-refractivity contribution in [2.75, 3.05) is 45.8 Å². The molecule has 0 N–H and O–H groups in total. The fourth-order valence-electron chi connectivity index (χ4n) is 4.25. The molecule has 2 aliphatic rings. The number of hydrogen-bond donors (Lipinski definition) is 0. The zero-order chi connectivity index (χ0) is 21.1. The van der Waals surface area contributed by atoms with Crippen LogP contribution in [-0.2, 0) is 4.79 Å². The van der Waals surface area contributed by atoms with Crippen molar-refractivity contribution >= 4 is 23.2 Å². The predicted octanol–water partition coefficient (Wildman–Crippen LogP) is 3.20. The van der Waals surface area contributed by atoms with Gasteiger partial charge >= 0.3 is 0 Å². The van der Waals surface area contributed by atoms with Crippen LogP contribution in [-0.4, -0.2) is 77.3 Å². The van der Waals surface area contributed by atoms with Gasteiger partial charge in [-0.1, -0.05) is 23.8 Å². The number of carbonyl (C=O) groups is 2. The third-order valence-corrected chi connectivity index (χ3v) is 6.94. The van der Waals surface area contributed by atoms with E-state index in [2.05, 4.69) is 41.9 Å². The second-order valence-electron chi connectivity index (χ2n) is 8.37. The second kappa shape index (κ2) is 9.27. The highest BCUT2D eigenvalue weighted by Crippen LogP contribution is 2.28. The summed E-state index contributed by atoms with van der Waals surface area (Å²) in [5, 5.41) is 2.75. The minimum Gasteiger partial charge on any atom is -0.342 e. The molecule has 0 spiro atoms. The number of aryl methyl sites for hydroxylation is 2. The van der Waals surface area contributed by atoms with Crippen molar-refractivity contribution in [2.45, 2.75) is 33.1 Å². The lowest BCUT2D eigenvalue weighted by atomic mass is 10.1. The fraction of sp³-hybridized carbons (Fsp3) is 0.522. The third-order valence-electron chi connectivity index (χ3n) is 6.06. The molecule has 2 amide bonds. The number of rotatable bonds is 4. The molecule has 0 saturated carbocycles. The van der Waals surface area contributed by atoms with Gasteiger partial charge in [0.25, 0.3) is 5.91 Å². The van der Waals surface area contributed by atoms with Crippen LogP contribution in [0.25, 0.3) is 10.6 Å². The molecule has 0 atom stereocenters. The Bertz CT molecular complexity index is 912. The molecule has 2 aromatic rings. The molecule has 0 bridgehead atoms. The van der Waals surface area contributed by atoms with Crippen LogP contribution in [0.3, 0.4) is 0 Å². The van der Waals surface area contributed by atoms with Crippen molar-refractivity contribution in [1.82, 2.24) is 19.7 Å². The highest BCUT2D eigenvalue weighted by atomic mass is 32.1. The molecule has 2 aliphatic heterocycles. The summed E-state index contributed by atoms with van der Waals surface area (Å²) in [7, 11) is 0. The number of piperazine rings is 1. The van der Waals surface area contributed by atoms with Gasteiger partial charge < -0.3 is 9.80 Å². The van der Waals surface area contributed by atoms with E-state index in [4.69, 9.17) is 0 Å². The minimum atomic E-state index is -0.00993. The van der Waals surface area contributed by atoms with E-state index in [0.29, 0.717) is 25.3 Å². The average molecular weight is 427 g/mol. The van der Waals surface area contributed by atoms with Gasteiger partial charge in [-0.3, -0.25) is 14.5 Å². The summed E-state index contributed by atoms with van der Waals surface area (Å²) in [5.41, 5.74) is 4.01. The first-order valence-electron chi connectivity index (χ1n) is 10.8. The molecule has 1 aromatic heterocycles. The Morgan fingerprint density at radius 2 is 1.70 bits per heavy atom. The van der Waals surface area contributed by atoms with Gasteiger partial charge in [0.05, 0.1) is 6.54 Å². The number of carbonyl (C=O) groups excluding carboxylic acids is 2. The summed E-state index contributed by atoms with van der Waals surface area (Å²) in [5.74, 6) is 0.219. The molecular weight excluding hydrogens is 396 g/mol. The van der Waals surface area contributed by atoms with Gasteiger partial charge in [-0.2, -0.15) is 0 Å². The Balaban J connectivity index is 1.32. The van der Waals surface area contributed by atoms with Crippen molar-refractivity contribution < 1.29 is 9.59 Å². The Labute approximate surface area is 182 Å². The fourth-order valence-corrected chi connectivity index (χ4v) is 5.14. The Hall–Kier alpha value is -2.25. The number of nitrogens with zero attached hydrogens (tertiary/aromatic N) is 4. The first-order valence-corrected chi connectivity index (χ1v) is 11.7. The van der Waals surface area contributed by atoms with Crippen LogP contribution in [0.1, 0.15) is 40.9 Å². The van der Waals surface area contributed by atoms with Crippen LogP contribution in [0.4, 0.5) is 0 Å². The van der Waals surface area contributed by atoms with Gasteiger partial charge in [0, 0.05) is 50.2 Å². The Morgan fingerprint density at radius 3 is 2.40 bits per heavy atom. The van der Waals surface area contributed by atoms with E-state index in [9.17, 15) is 9.59 Å². The molecule has 0 radical (unpaired) electrons. The summed E-state index contributed by atoms with van der Waals surface area (Å²) < 4.78 is 0. The molecule has 6 nitrogen and oxygen atoms in total. The lowest BCUT2D eigenvalue weighted by Crippen LogP contribution is -2.52. The molecule has 0 aliphatic carbocycles. The third kappa shape index (κ3) is 4.73. The van der Waals surface area contributed by atoms with Gasteiger partial charge in [-0.05, 0) is 38.7 Å². The van der Waals surface area contributed by atoms with E-state index in [1.807, 2.05) is 15.2 Å². The van der Waals surface area contributed by atoms with Crippen molar-refractivity contribution in [2.24, 2.45) is 0 Å². The van der Waals surface area contributed by atoms with E-state index in [1.165, 1.54) is 28.9 Å². The highest BCUT2D eigenvalue weighted by Gasteiger charge is 2.26. The number of hydrogen-bond acceptors (Lipinski definition) is 5. The minimum absolute atomic E-state index is 0.00993. The molecule has 3 heterocycles. The Morgan fingerprint density at radius 1 is 0.967 bits per heavy atom. The smallest absolute Gasteiger partial charge is 0.273 e. The summed E-state index contributed by atoms with van der Waals surface area (Å²) in [4.78, 5) is 36.1. The second-order valence-corrected chi connectivity index (χ2v) is 9.22. The standard InChI is InChI=1S/C23H30N4O2S/c1-17-6-7-19(18(2)14-17)22-24-20(16-30-22)23(29)27-12-10-25(11-13-27)15-21(28)26-8-4-3-5-9-26/h6-7,14,16H,3-5,8-13,15H2,1-2H3. The van der Waals surface area contributed by atoms with E-state index in [-0.39, 0.29) is 11.8 Å². The maximum absolute atomic E-state index is 12.9. The number of benzene rings is 1. The van der Waals surface area contributed by atoms with E-state index in [0.717, 1.165) is 49.6 Å². The molecule has 2 fully saturated rings. The van der Waals surface area contributed by atoms with Crippen molar-refractivity contribution in [3.05, 3.63) is 40.4 Å².